The van der Waals surface area contributed by atoms with Crippen molar-refractivity contribution in [3.05, 3.63) is 52.3 Å². The van der Waals surface area contributed by atoms with E-state index in [4.69, 9.17) is 10.1 Å². The van der Waals surface area contributed by atoms with E-state index in [9.17, 15) is 13.2 Å². The van der Waals surface area contributed by atoms with Gasteiger partial charge in [0.25, 0.3) is 5.91 Å². The number of amides is 1. The Morgan fingerprint density at radius 1 is 1.09 bits per heavy atom. The number of aromatic nitrogens is 3. The molecular weight excluding hydrogens is 464 g/mol. The number of piperidine rings is 1. The van der Waals surface area contributed by atoms with Crippen LogP contribution in [-0.4, -0.2) is 52.7 Å². The molecule has 9 nitrogen and oxygen atoms in total. The topological polar surface area (TPSA) is 109 Å². The highest BCUT2D eigenvalue weighted by molar-refractivity contribution is 7.92. The van der Waals surface area contributed by atoms with E-state index in [1.165, 1.54) is 0 Å². The molecule has 0 bridgehead atoms. The molecule has 1 aliphatic heterocycles. The molecule has 1 saturated carbocycles. The van der Waals surface area contributed by atoms with Crippen LogP contribution < -0.4 is 10.0 Å². The van der Waals surface area contributed by atoms with Gasteiger partial charge in [-0.2, -0.15) is 9.61 Å². The second-order valence-electron chi connectivity index (χ2n) is 9.86. The first-order chi connectivity index (χ1) is 16.6. The lowest BCUT2D eigenvalue weighted by molar-refractivity contribution is 0.0607. The lowest BCUT2D eigenvalue weighted by Gasteiger charge is -2.35. The molecular formula is C25H32N6O3S. The average Bonchev–Trinajstić information content (AvgIpc) is 3.53. The van der Waals surface area contributed by atoms with Crippen LogP contribution in [0.2, 0.25) is 0 Å². The zero-order valence-corrected chi connectivity index (χ0v) is 21.4. The highest BCUT2D eigenvalue weighted by Gasteiger charge is 2.33. The second-order valence-corrected chi connectivity index (χ2v) is 11.6. The van der Waals surface area contributed by atoms with Crippen molar-refractivity contribution in [1.29, 1.82) is 0 Å². The van der Waals surface area contributed by atoms with E-state index in [0.717, 1.165) is 72.3 Å². The van der Waals surface area contributed by atoms with Crippen LogP contribution in [0.1, 0.15) is 71.0 Å². The van der Waals surface area contributed by atoms with Crippen molar-refractivity contribution in [2.24, 2.45) is 0 Å². The third-order valence-electron chi connectivity index (χ3n) is 6.83. The van der Waals surface area contributed by atoms with Crippen LogP contribution in [0.25, 0.3) is 5.65 Å². The quantitative estimate of drug-likeness (QED) is 0.535. The van der Waals surface area contributed by atoms with Crippen molar-refractivity contribution in [3.63, 3.8) is 0 Å². The Hall–Kier alpha value is -3.14. The molecule has 0 radical (unpaired) electrons. The summed E-state index contributed by atoms with van der Waals surface area (Å²) in [5.41, 5.74) is 5.14. The van der Waals surface area contributed by atoms with Crippen molar-refractivity contribution in [3.8, 4) is 0 Å². The Labute approximate surface area is 206 Å². The third kappa shape index (κ3) is 4.84. The Morgan fingerprint density at radius 2 is 1.86 bits per heavy atom. The molecule has 1 aromatic carbocycles. The van der Waals surface area contributed by atoms with Crippen LogP contribution in [0, 0.1) is 20.8 Å². The minimum Gasteiger partial charge on any atom is -0.367 e. The van der Waals surface area contributed by atoms with Gasteiger partial charge in [-0.25, -0.2) is 13.4 Å². The summed E-state index contributed by atoms with van der Waals surface area (Å²) in [7, 11) is -3.53. The number of carbonyl (C=O) groups is 1. The molecule has 2 N–H and O–H groups in total. The second kappa shape index (κ2) is 8.82. The van der Waals surface area contributed by atoms with Crippen LogP contribution in [-0.2, 0) is 10.0 Å². The molecule has 1 aliphatic carbocycles. The largest absolute Gasteiger partial charge is 0.367 e. The highest BCUT2D eigenvalue weighted by atomic mass is 32.2. The number of benzene rings is 1. The van der Waals surface area contributed by atoms with Gasteiger partial charge in [-0.1, -0.05) is 11.6 Å². The summed E-state index contributed by atoms with van der Waals surface area (Å²) in [6, 6.07) is 7.44. The van der Waals surface area contributed by atoms with Crippen molar-refractivity contribution < 1.29 is 13.2 Å². The third-order valence-corrected chi connectivity index (χ3v) is 7.42. The molecule has 5 rings (SSSR count). The Balaban J connectivity index is 1.54. The van der Waals surface area contributed by atoms with Gasteiger partial charge < -0.3 is 10.2 Å². The van der Waals surface area contributed by atoms with Gasteiger partial charge in [0.15, 0.2) is 5.65 Å². The van der Waals surface area contributed by atoms with Gasteiger partial charge >= 0.3 is 0 Å². The number of likely N-dealkylation sites (tertiary alicyclic amines) is 1. The van der Waals surface area contributed by atoms with E-state index in [1.54, 1.807) is 18.2 Å². The van der Waals surface area contributed by atoms with Gasteiger partial charge in [-0.3, -0.25) is 9.52 Å². The minimum absolute atomic E-state index is 0.196. The van der Waals surface area contributed by atoms with Gasteiger partial charge in [-0.05, 0) is 65.0 Å². The summed E-state index contributed by atoms with van der Waals surface area (Å²) >= 11 is 0. The van der Waals surface area contributed by atoms with Crippen molar-refractivity contribution in [2.45, 2.75) is 65.0 Å². The van der Waals surface area contributed by atoms with Crippen molar-refractivity contribution in [1.82, 2.24) is 19.5 Å². The van der Waals surface area contributed by atoms with Gasteiger partial charge in [-0.15, -0.1) is 0 Å². The highest BCUT2D eigenvalue weighted by Crippen LogP contribution is 2.35. The molecule has 3 aromatic rings. The van der Waals surface area contributed by atoms with Gasteiger partial charge in [0.05, 0.1) is 29.2 Å². The number of hydrogen-bond acceptors (Lipinski definition) is 6. The molecule has 1 atom stereocenters. The van der Waals surface area contributed by atoms with Crippen molar-refractivity contribution >= 4 is 33.1 Å². The Morgan fingerprint density at radius 3 is 2.57 bits per heavy atom. The normalized spacial score (nSPS) is 18.6. The predicted octanol–water partition coefficient (Wildman–Crippen LogP) is 3.97. The molecule has 1 unspecified atom stereocenters. The van der Waals surface area contributed by atoms with Crippen LogP contribution >= 0.6 is 0 Å². The number of carbonyl (C=O) groups excluding carboxylic acids is 1. The van der Waals surface area contributed by atoms with Gasteiger partial charge in [0, 0.05) is 29.9 Å². The van der Waals surface area contributed by atoms with E-state index < -0.39 is 10.0 Å². The SMILES string of the molecule is Cc1ccc(NS(C)(=O)=O)c(C(=O)N2CCCCC2c2cc3nc(C)c(C)c(NC4CC4)n3n2)c1. The maximum atomic E-state index is 13.8. The lowest BCUT2D eigenvalue weighted by atomic mass is 9.97. The maximum absolute atomic E-state index is 13.8. The van der Waals surface area contributed by atoms with Crippen LogP contribution in [0.15, 0.2) is 24.3 Å². The number of anilines is 2. The summed E-state index contributed by atoms with van der Waals surface area (Å²) < 4.78 is 28.2. The van der Waals surface area contributed by atoms with E-state index in [0.29, 0.717) is 23.8 Å². The molecule has 186 valence electrons. The Kier molecular flexibility index (Phi) is 5.94. The van der Waals surface area contributed by atoms with Gasteiger partial charge in [0.2, 0.25) is 10.0 Å². The number of sulfonamides is 1. The molecule has 2 aromatic heterocycles. The van der Waals surface area contributed by atoms with Crippen LogP contribution in [0.3, 0.4) is 0 Å². The Bertz CT molecular complexity index is 1410. The van der Waals surface area contributed by atoms with E-state index in [2.05, 4.69) is 17.0 Å². The summed E-state index contributed by atoms with van der Waals surface area (Å²) in [6.45, 7) is 6.53. The summed E-state index contributed by atoms with van der Waals surface area (Å²) in [4.78, 5) is 20.4. The fraction of sp³-hybridized carbons (Fsp3) is 0.480. The summed E-state index contributed by atoms with van der Waals surface area (Å²) in [5, 5.41) is 8.53. The number of hydrogen-bond donors (Lipinski definition) is 2. The predicted molar refractivity (Wildman–Crippen MR) is 136 cm³/mol. The standard InChI is InChI=1S/C25H32N6O3S/c1-15-8-11-20(29-35(4,33)34)19(13-15)25(32)30-12-6-5-7-22(30)21-14-23-26-17(3)16(2)24(31(23)28-21)27-18-9-10-18/h8,11,13-14,18,22,27,29H,5-7,9-10,12H2,1-4H3. The average molecular weight is 497 g/mol. The fourth-order valence-corrected chi connectivity index (χ4v) is 5.31. The zero-order chi connectivity index (χ0) is 24.9. The summed E-state index contributed by atoms with van der Waals surface area (Å²) in [6.07, 6.45) is 6.07. The van der Waals surface area contributed by atoms with Gasteiger partial charge in [0.1, 0.15) is 5.82 Å². The molecule has 2 aliphatic rings. The lowest BCUT2D eigenvalue weighted by Crippen LogP contribution is -2.39. The first-order valence-corrected chi connectivity index (χ1v) is 14.0. The number of aryl methyl sites for hydroxylation is 2. The molecule has 35 heavy (non-hydrogen) atoms. The molecule has 1 saturated heterocycles. The van der Waals surface area contributed by atoms with Crippen LogP contribution in [0.5, 0.6) is 0 Å². The van der Waals surface area contributed by atoms with Crippen LogP contribution in [0.4, 0.5) is 11.5 Å². The van der Waals surface area contributed by atoms with E-state index >= 15 is 0 Å². The number of rotatable bonds is 6. The molecule has 10 heteroatoms. The first kappa shape index (κ1) is 23.6. The molecule has 2 fully saturated rings. The smallest absolute Gasteiger partial charge is 0.256 e. The molecule has 3 heterocycles. The molecule has 1 amide bonds. The van der Waals surface area contributed by atoms with E-state index in [1.807, 2.05) is 29.3 Å². The summed E-state index contributed by atoms with van der Waals surface area (Å²) in [5.74, 6) is 0.770. The van der Waals surface area contributed by atoms with E-state index in [-0.39, 0.29) is 11.9 Å². The number of nitrogens with one attached hydrogen (secondary N) is 2. The molecule has 0 spiro atoms. The minimum atomic E-state index is -3.53. The number of fused-ring (bicyclic) bond motifs is 1. The zero-order valence-electron chi connectivity index (χ0n) is 20.6. The van der Waals surface area contributed by atoms with Crippen molar-refractivity contribution in [2.75, 3.05) is 22.8 Å². The maximum Gasteiger partial charge on any atom is 0.256 e. The first-order valence-electron chi connectivity index (χ1n) is 12.1. The fourth-order valence-electron chi connectivity index (χ4n) is 4.73. The monoisotopic (exact) mass is 496 g/mol. The number of nitrogens with zero attached hydrogens (tertiary/aromatic N) is 4.